The molecule has 2 heteroatoms. The van der Waals surface area contributed by atoms with Gasteiger partial charge in [0.25, 0.3) is 0 Å². The first kappa shape index (κ1) is 7.77. The number of nitrogens with two attached hydrogens (primary N) is 1. The Labute approximate surface area is 66.4 Å². The van der Waals surface area contributed by atoms with E-state index in [1.807, 2.05) is 19.1 Å². The normalized spacial score (nSPS) is 12.1. The van der Waals surface area contributed by atoms with Gasteiger partial charge in [-0.15, -0.1) is 6.42 Å². The molecule has 0 saturated carbocycles. The molecule has 1 unspecified atom stereocenters. The van der Waals surface area contributed by atoms with E-state index in [2.05, 4.69) is 10.9 Å². The molecular formula is C9H10N2. The molecule has 0 bridgehead atoms. The number of pyridine rings is 1. The number of aromatic nitrogens is 1. The lowest BCUT2D eigenvalue weighted by atomic mass is 10.1. The predicted molar refractivity (Wildman–Crippen MR) is 44.7 cm³/mol. The van der Waals surface area contributed by atoms with Crippen LogP contribution in [-0.2, 0) is 0 Å². The number of nitrogens with zero attached hydrogens (tertiary/aromatic N) is 1. The maximum absolute atomic E-state index is 5.56. The molecule has 1 heterocycles. The van der Waals surface area contributed by atoms with Gasteiger partial charge in [-0.1, -0.05) is 5.92 Å². The van der Waals surface area contributed by atoms with Gasteiger partial charge in [-0.25, -0.2) is 0 Å². The summed E-state index contributed by atoms with van der Waals surface area (Å²) in [6.07, 6.45) is 6.85. The third kappa shape index (κ3) is 1.79. The summed E-state index contributed by atoms with van der Waals surface area (Å²) in [4.78, 5) is 4.04. The van der Waals surface area contributed by atoms with E-state index in [1.54, 1.807) is 6.20 Å². The summed E-state index contributed by atoms with van der Waals surface area (Å²) in [7, 11) is 0. The number of terminal acetylenes is 1. The summed E-state index contributed by atoms with van der Waals surface area (Å²) in [5.74, 6) is 2.42. The molecular weight excluding hydrogens is 136 g/mol. The van der Waals surface area contributed by atoms with E-state index in [0.29, 0.717) is 0 Å². The van der Waals surface area contributed by atoms with Crippen LogP contribution < -0.4 is 5.73 Å². The first-order valence-corrected chi connectivity index (χ1v) is 3.38. The van der Waals surface area contributed by atoms with Crippen molar-refractivity contribution >= 4 is 0 Å². The van der Waals surface area contributed by atoms with Gasteiger partial charge in [0.05, 0.1) is 5.69 Å². The standard InChI is InChI=1S/C9H10N2/c1-3-8(10)9-6-7(2)4-5-11-9/h1,4-6,8H,10H2,2H3. The maximum Gasteiger partial charge on any atom is 0.109 e. The van der Waals surface area contributed by atoms with Crippen molar-refractivity contribution in [3.05, 3.63) is 29.6 Å². The van der Waals surface area contributed by atoms with Gasteiger partial charge in [0, 0.05) is 6.20 Å². The van der Waals surface area contributed by atoms with Crippen molar-refractivity contribution in [2.45, 2.75) is 13.0 Å². The van der Waals surface area contributed by atoms with E-state index in [4.69, 9.17) is 12.2 Å². The van der Waals surface area contributed by atoms with E-state index in [0.717, 1.165) is 11.3 Å². The highest BCUT2D eigenvalue weighted by Crippen LogP contribution is 2.06. The lowest BCUT2D eigenvalue weighted by Gasteiger charge is -2.02. The fraction of sp³-hybridized carbons (Fsp3) is 0.222. The van der Waals surface area contributed by atoms with Crippen LogP contribution in [0.25, 0.3) is 0 Å². The van der Waals surface area contributed by atoms with Crippen molar-refractivity contribution in [3.8, 4) is 12.3 Å². The van der Waals surface area contributed by atoms with Crippen molar-refractivity contribution in [1.82, 2.24) is 4.98 Å². The summed E-state index contributed by atoms with van der Waals surface area (Å²) < 4.78 is 0. The second-order valence-electron chi connectivity index (χ2n) is 2.40. The lowest BCUT2D eigenvalue weighted by Crippen LogP contribution is -2.09. The Morgan fingerprint density at radius 3 is 3.00 bits per heavy atom. The third-order valence-corrected chi connectivity index (χ3v) is 1.43. The van der Waals surface area contributed by atoms with Gasteiger partial charge in [-0.2, -0.15) is 0 Å². The predicted octanol–water partition coefficient (Wildman–Crippen LogP) is 1.02. The van der Waals surface area contributed by atoms with E-state index in [9.17, 15) is 0 Å². The van der Waals surface area contributed by atoms with Crippen LogP contribution in [0, 0.1) is 19.3 Å². The van der Waals surface area contributed by atoms with Crippen LogP contribution in [0.3, 0.4) is 0 Å². The number of hydrogen-bond acceptors (Lipinski definition) is 2. The van der Waals surface area contributed by atoms with Gasteiger partial charge in [0.15, 0.2) is 0 Å². The summed E-state index contributed by atoms with van der Waals surface area (Å²) in [5, 5.41) is 0. The molecule has 1 rings (SSSR count). The number of aryl methyl sites for hydroxylation is 1. The summed E-state index contributed by atoms with van der Waals surface area (Å²) in [6, 6.07) is 3.42. The monoisotopic (exact) mass is 146 g/mol. The van der Waals surface area contributed by atoms with Gasteiger partial charge in [-0.05, 0) is 24.6 Å². The molecule has 0 aromatic carbocycles. The average molecular weight is 146 g/mol. The summed E-state index contributed by atoms with van der Waals surface area (Å²) in [6.45, 7) is 1.98. The summed E-state index contributed by atoms with van der Waals surface area (Å²) >= 11 is 0. The Morgan fingerprint density at radius 1 is 1.73 bits per heavy atom. The zero-order chi connectivity index (χ0) is 8.27. The van der Waals surface area contributed by atoms with Crippen molar-refractivity contribution < 1.29 is 0 Å². The second-order valence-corrected chi connectivity index (χ2v) is 2.40. The fourth-order valence-corrected chi connectivity index (χ4v) is 0.815. The second kappa shape index (κ2) is 3.18. The molecule has 0 aliphatic rings. The van der Waals surface area contributed by atoms with E-state index in [-0.39, 0.29) is 6.04 Å². The summed E-state index contributed by atoms with van der Waals surface area (Å²) in [5.41, 5.74) is 7.45. The molecule has 56 valence electrons. The van der Waals surface area contributed by atoms with Crippen LogP contribution in [0.1, 0.15) is 17.3 Å². The average Bonchev–Trinajstić information content (AvgIpc) is 2.03. The molecule has 2 nitrogen and oxygen atoms in total. The SMILES string of the molecule is C#CC(N)c1cc(C)ccn1. The highest BCUT2D eigenvalue weighted by molar-refractivity contribution is 5.22. The fourth-order valence-electron chi connectivity index (χ4n) is 0.815. The Morgan fingerprint density at radius 2 is 2.45 bits per heavy atom. The lowest BCUT2D eigenvalue weighted by molar-refractivity contribution is 0.887. The van der Waals surface area contributed by atoms with Crippen molar-refractivity contribution in [3.63, 3.8) is 0 Å². The van der Waals surface area contributed by atoms with Crippen LogP contribution in [-0.4, -0.2) is 4.98 Å². The molecule has 1 atom stereocenters. The maximum atomic E-state index is 5.56. The Balaban J connectivity index is 2.98. The number of rotatable bonds is 1. The minimum Gasteiger partial charge on any atom is -0.313 e. The molecule has 1 aromatic heterocycles. The van der Waals surface area contributed by atoms with Crippen LogP contribution >= 0.6 is 0 Å². The topological polar surface area (TPSA) is 38.9 Å². The smallest absolute Gasteiger partial charge is 0.109 e. The van der Waals surface area contributed by atoms with Crippen molar-refractivity contribution in [2.75, 3.05) is 0 Å². The molecule has 0 aliphatic carbocycles. The van der Waals surface area contributed by atoms with Gasteiger partial charge in [0.2, 0.25) is 0 Å². The van der Waals surface area contributed by atoms with E-state index in [1.165, 1.54) is 0 Å². The molecule has 0 aliphatic heterocycles. The Kier molecular flexibility index (Phi) is 2.25. The molecule has 1 aromatic rings. The first-order valence-electron chi connectivity index (χ1n) is 3.38. The molecule has 0 fully saturated rings. The van der Waals surface area contributed by atoms with Crippen LogP contribution in [0.5, 0.6) is 0 Å². The molecule has 0 spiro atoms. The zero-order valence-electron chi connectivity index (χ0n) is 6.41. The van der Waals surface area contributed by atoms with Crippen LogP contribution in [0.2, 0.25) is 0 Å². The highest BCUT2D eigenvalue weighted by atomic mass is 14.8. The van der Waals surface area contributed by atoms with Gasteiger partial charge in [0.1, 0.15) is 6.04 Å². The quantitative estimate of drug-likeness (QED) is 0.601. The third-order valence-electron chi connectivity index (χ3n) is 1.43. The van der Waals surface area contributed by atoms with Gasteiger partial charge < -0.3 is 5.73 Å². The van der Waals surface area contributed by atoms with Gasteiger partial charge >= 0.3 is 0 Å². The minimum absolute atomic E-state index is 0.380. The van der Waals surface area contributed by atoms with Crippen molar-refractivity contribution in [2.24, 2.45) is 5.73 Å². The minimum atomic E-state index is -0.380. The van der Waals surface area contributed by atoms with Crippen LogP contribution in [0.15, 0.2) is 18.3 Å². The van der Waals surface area contributed by atoms with E-state index < -0.39 is 0 Å². The first-order chi connectivity index (χ1) is 5.24. The van der Waals surface area contributed by atoms with Crippen molar-refractivity contribution in [1.29, 1.82) is 0 Å². The molecule has 2 N–H and O–H groups in total. The molecule has 0 radical (unpaired) electrons. The molecule has 11 heavy (non-hydrogen) atoms. The van der Waals surface area contributed by atoms with E-state index >= 15 is 0 Å². The number of hydrogen-bond donors (Lipinski definition) is 1. The molecule has 0 saturated heterocycles. The Hall–Kier alpha value is -1.33. The zero-order valence-corrected chi connectivity index (χ0v) is 6.41. The van der Waals surface area contributed by atoms with Gasteiger partial charge in [-0.3, -0.25) is 4.98 Å². The highest BCUT2D eigenvalue weighted by Gasteiger charge is 2.01. The molecule has 0 amide bonds. The largest absolute Gasteiger partial charge is 0.313 e. The Bertz CT molecular complexity index is 286. The van der Waals surface area contributed by atoms with Crippen LogP contribution in [0.4, 0.5) is 0 Å².